The molecule has 0 bridgehead atoms. The number of H-pyrrole nitrogens is 1. The normalized spacial score (nSPS) is 12.7. The zero-order valence-electron chi connectivity index (χ0n) is 9.07. The van der Waals surface area contributed by atoms with Gasteiger partial charge in [0, 0.05) is 15.6 Å². The molecule has 6 nitrogen and oxygen atoms in total. The highest BCUT2D eigenvalue weighted by molar-refractivity contribution is 9.10. The first-order chi connectivity index (χ1) is 8.72. The number of ether oxygens (including phenoxy) is 2. The van der Waals surface area contributed by atoms with E-state index in [4.69, 9.17) is 15.2 Å². The lowest BCUT2D eigenvalue weighted by atomic mass is 10.0. The van der Waals surface area contributed by atoms with Crippen molar-refractivity contribution in [2.24, 2.45) is 0 Å². The third kappa shape index (κ3) is 1.47. The highest BCUT2D eigenvalue weighted by Gasteiger charge is 2.26. The number of halogens is 1. The zero-order chi connectivity index (χ0) is 12.7. The highest BCUT2D eigenvalue weighted by Crippen LogP contribution is 2.47. The van der Waals surface area contributed by atoms with Gasteiger partial charge < -0.3 is 15.2 Å². The van der Waals surface area contributed by atoms with Crippen molar-refractivity contribution < 1.29 is 14.3 Å². The van der Waals surface area contributed by atoms with Crippen molar-refractivity contribution in [1.82, 2.24) is 10.2 Å². The van der Waals surface area contributed by atoms with E-state index in [1.165, 1.54) is 0 Å². The molecule has 0 amide bonds. The standard InChI is InChI=1S/C11H8BrN3O3/c12-8-1-5(6-2-14-15-11(6)13)9-10(7(8)3-16)18-4-17-9/h1-3H,4H2,(H3,13,14,15). The van der Waals surface area contributed by atoms with Crippen molar-refractivity contribution in [2.75, 3.05) is 12.5 Å². The molecule has 92 valence electrons. The number of aldehydes is 1. The molecule has 0 atom stereocenters. The molecule has 2 aromatic rings. The van der Waals surface area contributed by atoms with Crippen LogP contribution in [0.25, 0.3) is 11.1 Å². The van der Waals surface area contributed by atoms with Crippen molar-refractivity contribution >= 4 is 28.0 Å². The second-order valence-electron chi connectivity index (χ2n) is 3.70. The smallest absolute Gasteiger partial charge is 0.231 e. The van der Waals surface area contributed by atoms with Gasteiger partial charge >= 0.3 is 0 Å². The Kier molecular flexibility index (Phi) is 2.48. The number of nitrogens with one attached hydrogen (secondary N) is 1. The molecule has 0 radical (unpaired) electrons. The summed E-state index contributed by atoms with van der Waals surface area (Å²) in [7, 11) is 0. The number of hydrogen-bond acceptors (Lipinski definition) is 5. The van der Waals surface area contributed by atoms with Crippen molar-refractivity contribution in [3.05, 3.63) is 22.3 Å². The van der Waals surface area contributed by atoms with E-state index in [0.29, 0.717) is 32.9 Å². The van der Waals surface area contributed by atoms with Crippen LogP contribution in [0.4, 0.5) is 5.82 Å². The third-order valence-electron chi connectivity index (χ3n) is 2.71. The molecular weight excluding hydrogens is 302 g/mol. The van der Waals surface area contributed by atoms with E-state index in [9.17, 15) is 4.79 Å². The second kappa shape index (κ2) is 4.02. The minimum atomic E-state index is 0.0807. The average molecular weight is 310 g/mol. The van der Waals surface area contributed by atoms with Gasteiger partial charge in [0.05, 0.1) is 11.8 Å². The summed E-state index contributed by atoms with van der Waals surface area (Å²) in [5.74, 6) is 1.36. The Labute approximate surface area is 110 Å². The Morgan fingerprint density at radius 2 is 2.17 bits per heavy atom. The fourth-order valence-corrected chi connectivity index (χ4v) is 2.38. The minimum Gasteiger partial charge on any atom is -0.453 e. The van der Waals surface area contributed by atoms with E-state index >= 15 is 0 Å². The maximum absolute atomic E-state index is 11.0. The third-order valence-corrected chi connectivity index (χ3v) is 3.36. The summed E-state index contributed by atoms with van der Waals surface area (Å²) in [6.07, 6.45) is 2.32. The Hall–Kier alpha value is -2.02. The minimum absolute atomic E-state index is 0.0807. The molecule has 3 N–H and O–H groups in total. The Balaban J connectivity index is 2.30. The summed E-state index contributed by atoms with van der Waals surface area (Å²) in [6.45, 7) is 0.0807. The fraction of sp³-hybridized carbons (Fsp3) is 0.0909. The lowest BCUT2D eigenvalue weighted by molar-refractivity contribution is 0.111. The second-order valence-corrected chi connectivity index (χ2v) is 4.55. The number of rotatable bonds is 2. The summed E-state index contributed by atoms with van der Waals surface area (Å²) >= 11 is 3.33. The Bertz CT molecular complexity index is 639. The molecule has 0 saturated heterocycles. The van der Waals surface area contributed by atoms with Gasteiger partial charge in [0.1, 0.15) is 5.82 Å². The molecule has 0 saturated carbocycles. The average Bonchev–Trinajstić information content (AvgIpc) is 2.97. The fourth-order valence-electron chi connectivity index (χ4n) is 1.88. The number of benzene rings is 1. The van der Waals surface area contributed by atoms with Crippen molar-refractivity contribution in [3.8, 4) is 22.6 Å². The molecule has 2 heterocycles. The number of hydrogen-bond donors (Lipinski definition) is 2. The maximum Gasteiger partial charge on any atom is 0.231 e. The predicted octanol–water partition coefficient (Wildman–Crippen LogP) is 1.96. The van der Waals surface area contributed by atoms with Gasteiger partial charge in [0.15, 0.2) is 17.8 Å². The molecule has 18 heavy (non-hydrogen) atoms. The van der Waals surface area contributed by atoms with Crippen LogP contribution in [-0.4, -0.2) is 23.3 Å². The predicted molar refractivity (Wildman–Crippen MR) is 67.6 cm³/mol. The first-order valence-electron chi connectivity index (χ1n) is 5.09. The molecule has 0 fully saturated rings. The topological polar surface area (TPSA) is 90.2 Å². The number of nitrogens with two attached hydrogens (primary N) is 1. The van der Waals surface area contributed by atoms with Crippen LogP contribution in [-0.2, 0) is 0 Å². The van der Waals surface area contributed by atoms with E-state index in [1.54, 1.807) is 12.3 Å². The van der Waals surface area contributed by atoms with E-state index in [-0.39, 0.29) is 6.79 Å². The van der Waals surface area contributed by atoms with Crippen molar-refractivity contribution in [1.29, 1.82) is 0 Å². The van der Waals surface area contributed by atoms with E-state index < -0.39 is 0 Å². The van der Waals surface area contributed by atoms with Crippen molar-refractivity contribution in [2.45, 2.75) is 0 Å². The van der Waals surface area contributed by atoms with E-state index in [0.717, 1.165) is 11.8 Å². The number of carbonyl (C=O) groups excluding carboxylic acids is 1. The van der Waals surface area contributed by atoms with E-state index in [2.05, 4.69) is 26.1 Å². The lowest BCUT2D eigenvalue weighted by Gasteiger charge is -2.08. The van der Waals surface area contributed by atoms with Gasteiger partial charge in [0.25, 0.3) is 0 Å². The lowest BCUT2D eigenvalue weighted by Crippen LogP contribution is -1.94. The summed E-state index contributed by atoms with van der Waals surface area (Å²) in [5.41, 5.74) is 7.64. The zero-order valence-corrected chi connectivity index (χ0v) is 10.7. The van der Waals surface area contributed by atoms with Crippen LogP contribution in [0.2, 0.25) is 0 Å². The molecule has 1 aliphatic rings. The first-order valence-corrected chi connectivity index (χ1v) is 5.88. The molecule has 0 aliphatic carbocycles. The molecule has 1 aromatic heterocycles. The number of anilines is 1. The molecule has 1 aromatic carbocycles. The summed E-state index contributed by atoms with van der Waals surface area (Å²) < 4.78 is 11.4. The number of aromatic nitrogens is 2. The van der Waals surface area contributed by atoms with Crippen LogP contribution in [0.1, 0.15) is 10.4 Å². The Morgan fingerprint density at radius 3 is 2.83 bits per heavy atom. The molecule has 0 unspecified atom stereocenters. The molecule has 0 spiro atoms. The van der Waals surface area contributed by atoms with Gasteiger partial charge in [-0.15, -0.1) is 0 Å². The molecule has 7 heteroatoms. The van der Waals surface area contributed by atoms with Crippen LogP contribution in [0.5, 0.6) is 11.5 Å². The van der Waals surface area contributed by atoms with Crippen LogP contribution in [0.15, 0.2) is 16.7 Å². The number of nitrogen functional groups attached to an aromatic ring is 1. The van der Waals surface area contributed by atoms with Gasteiger partial charge in [-0.05, 0) is 22.0 Å². The number of carbonyl (C=O) groups is 1. The molecular formula is C11H8BrN3O3. The largest absolute Gasteiger partial charge is 0.453 e. The number of nitrogens with zero attached hydrogens (tertiary/aromatic N) is 1. The van der Waals surface area contributed by atoms with E-state index in [1.807, 2.05) is 0 Å². The van der Waals surface area contributed by atoms with Crippen LogP contribution in [0, 0.1) is 0 Å². The maximum atomic E-state index is 11.0. The van der Waals surface area contributed by atoms with Crippen molar-refractivity contribution in [3.63, 3.8) is 0 Å². The summed E-state index contributed by atoms with van der Waals surface area (Å²) in [5, 5.41) is 6.52. The molecule has 1 aliphatic heterocycles. The quantitative estimate of drug-likeness (QED) is 0.828. The van der Waals surface area contributed by atoms with Gasteiger partial charge in [-0.2, -0.15) is 5.10 Å². The van der Waals surface area contributed by atoms with Crippen LogP contribution in [0.3, 0.4) is 0 Å². The van der Waals surface area contributed by atoms with Crippen LogP contribution >= 0.6 is 15.9 Å². The first kappa shape index (κ1) is 11.1. The van der Waals surface area contributed by atoms with Gasteiger partial charge in [-0.1, -0.05) is 0 Å². The van der Waals surface area contributed by atoms with Gasteiger partial charge in [-0.25, -0.2) is 0 Å². The SMILES string of the molecule is Nc1[nH]ncc1-c1cc(Br)c(C=O)c2c1OCO2. The molecule has 3 rings (SSSR count). The van der Waals surface area contributed by atoms with Gasteiger partial charge in [0.2, 0.25) is 6.79 Å². The number of fused-ring (bicyclic) bond motifs is 1. The summed E-state index contributed by atoms with van der Waals surface area (Å²) in [4.78, 5) is 11.0. The van der Waals surface area contributed by atoms with Gasteiger partial charge in [-0.3, -0.25) is 9.89 Å². The van der Waals surface area contributed by atoms with Crippen LogP contribution < -0.4 is 15.2 Å². The number of aromatic amines is 1. The Morgan fingerprint density at radius 1 is 1.39 bits per heavy atom. The highest BCUT2D eigenvalue weighted by atomic mass is 79.9. The monoisotopic (exact) mass is 309 g/mol. The summed E-state index contributed by atoms with van der Waals surface area (Å²) in [6, 6.07) is 1.76.